The van der Waals surface area contributed by atoms with Crippen LogP contribution >= 0.6 is 23.2 Å². The van der Waals surface area contributed by atoms with Crippen LogP contribution in [-0.4, -0.2) is 30.2 Å². The topological polar surface area (TPSA) is 80.8 Å². The van der Waals surface area contributed by atoms with Crippen molar-refractivity contribution in [3.05, 3.63) is 171 Å². The van der Waals surface area contributed by atoms with Gasteiger partial charge in [0.05, 0.1) is 40.5 Å². The van der Waals surface area contributed by atoms with Crippen molar-refractivity contribution < 1.29 is 23.9 Å². The summed E-state index contributed by atoms with van der Waals surface area (Å²) in [6.07, 6.45) is 0. The highest BCUT2D eigenvalue weighted by Crippen LogP contribution is 2.74. The molecule has 0 spiro atoms. The number of carbonyl (C=O) groups is 4. The van der Waals surface area contributed by atoms with Crippen molar-refractivity contribution in [2.24, 2.45) is 11.8 Å². The van der Waals surface area contributed by atoms with Crippen LogP contribution in [0.5, 0.6) is 0 Å². The number of halogens is 2. The number of hydrogen-bond donors (Lipinski definition) is 0. The van der Waals surface area contributed by atoms with Gasteiger partial charge in [0.2, 0.25) is 11.8 Å². The summed E-state index contributed by atoms with van der Waals surface area (Å²) in [7, 11) is 0. The molecule has 3 aliphatic rings. The second kappa shape index (κ2) is 11.9. The van der Waals surface area contributed by atoms with E-state index in [4.69, 9.17) is 27.9 Å². The van der Waals surface area contributed by atoms with Crippen LogP contribution in [0.4, 0.5) is 5.69 Å². The van der Waals surface area contributed by atoms with Crippen LogP contribution in [0.1, 0.15) is 39.5 Å². The number of ketones is 1. The van der Waals surface area contributed by atoms with Crippen molar-refractivity contribution in [2.75, 3.05) is 11.5 Å². The van der Waals surface area contributed by atoms with Gasteiger partial charge in [0, 0.05) is 10.0 Å². The molecule has 2 fully saturated rings. The first kappa shape index (κ1) is 31.9. The van der Waals surface area contributed by atoms with Crippen LogP contribution in [0, 0.1) is 11.8 Å². The smallest absolute Gasteiger partial charge is 0.338 e. The van der Waals surface area contributed by atoms with Crippen molar-refractivity contribution in [1.29, 1.82) is 0 Å². The van der Waals surface area contributed by atoms with Gasteiger partial charge in [0.1, 0.15) is 0 Å². The van der Waals surface area contributed by atoms with Crippen molar-refractivity contribution in [2.45, 2.75) is 17.8 Å². The molecule has 2 aliphatic carbocycles. The van der Waals surface area contributed by atoms with Crippen LogP contribution < -0.4 is 4.90 Å². The molecule has 0 N–H and O–H groups in total. The molecule has 50 heavy (non-hydrogen) atoms. The Morgan fingerprint density at radius 2 is 1.04 bits per heavy atom. The van der Waals surface area contributed by atoms with Crippen LogP contribution in [0.15, 0.2) is 133 Å². The minimum Gasteiger partial charge on any atom is -0.462 e. The fraction of sp³-hybridized carbons (Fsp3) is 0.143. The summed E-state index contributed by atoms with van der Waals surface area (Å²) in [4.78, 5) is 59.9. The number of anilines is 1. The molecule has 5 aromatic carbocycles. The zero-order valence-electron chi connectivity index (χ0n) is 26.8. The average molecular weight is 699 g/mol. The molecule has 0 unspecified atom stereocenters. The average Bonchev–Trinajstić information content (AvgIpc) is 3.65. The van der Waals surface area contributed by atoms with Crippen molar-refractivity contribution in [3.63, 3.8) is 0 Å². The largest absolute Gasteiger partial charge is 0.462 e. The zero-order chi connectivity index (χ0) is 34.8. The van der Waals surface area contributed by atoms with Gasteiger partial charge in [-0.3, -0.25) is 14.4 Å². The Hall–Kier alpha value is -5.30. The Bertz CT molecular complexity index is 2090. The van der Waals surface area contributed by atoms with E-state index in [1.807, 2.05) is 60.7 Å². The summed E-state index contributed by atoms with van der Waals surface area (Å²) >= 11 is 12.8. The van der Waals surface area contributed by atoms with Crippen LogP contribution in [0.25, 0.3) is 11.1 Å². The van der Waals surface area contributed by atoms with Gasteiger partial charge >= 0.3 is 5.97 Å². The standard InChI is InChI=1S/C42H29Cl2NO5/c1-2-50-39(48)27-13-23-32(24-14-27)45-37(46)35-36(38(45)47)42(29-17-21-31(44)22-18-29)34(26-11-7-4-8-12-26)33(25-9-5-3-6-10-25)41(35,40(42)49)28-15-19-30(43)20-16-28/h3-24,35-36H,2H2,1H3/t35-,36+,41-,42-/m0/s1. The first-order valence-electron chi connectivity index (χ1n) is 16.3. The van der Waals surface area contributed by atoms with E-state index in [1.54, 1.807) is 67.6 Å². The number of allylic oxidation sites excluding steroid dienone is 2. The maximum Gasteiger partial charge on any atom is 0.338 e. The van der Waals surface area contributed by atoms with Gasteiger partial charge in [-0.2, -0.15) is 0 Å². The molecule has 1 saturated carbocycles. The van der Waals surface area contributed by atoms with Gasteiger partial charge in [-0.25, -0.2) is 9.69 Å². The number of ether oxygens (including phenoxy) is 1. The third-order valence-corrected chi connectivity index (χ3v) is 10.9. The number of amides is 2. The second-order valence-corrected chi connectivity index (χ2v) is 13.5. The zero-order valence-corrected chi connectivity index (χ0v) is 28.3. The Balaban J connectivity index is 1.47. The Morgan fingerprint density at radius 1 is 0.620 bits per heavy atom. The minimum absolute atomic E-state index is 0.209. The predicted octanol–water partition coefficient (Wildman–Crippen LogP) is 8.36. The molecule has 0 aromatic heterocycles. The van der Waals surface area contributed by atoms with Gasteiger partial charge in [0.15, 0.2) is 5.78 Å². The third kappa shape index (κ3) is 4.28. The summed E-state index contributed by atoms with van der Waals surface area (Å²) in [6.45, 7) is 1.93. The third-order valence-electron chi connectivity index (χ3n) is 10.4. The molecule has 0 radical (unpaired) electrons. The van der Waals surface area contributed by atoms with Gasteiger partial charge in [-0.05, 0) is 88.9 Å². The number of esters is 1. The fourth-order valence-electron chi connectivity index (χ4n) is 8.57. The molecular weight excluding hydrogens is 669 g/mol. The van der Waals surface area contributed by atoms with E-state index in [0.29, 0.717) is 43.6 Å². The normalized spacial score (nSPS) is 23.8. The molecule has 8 rings (SSSR count). The minimum atomic E-state index is -1.58. The first-order valence-corrected chi connectivity index (χ1v) is 17.1. The van der Waals surface area contributed by atoms with E-state index in [2.05, 4.69) is 0 Å². The molecule has 1 saturated heterocycles. The monoisotopic (exact) mass is 697 g/mol. The molecule has 1 aliphatic heterocycles. The van der Waals surface area contributed by atoms with Crippen molar-refractivity contribution >= 4 is 63.6 Å². The lowest BCUT2D eigenvalue weighted by atomic mass is 9.59. The second-order valence-electron chi connectivity index (χ2n) is 12.7. The summed E-state index contributed by atoms with van der Waals surface area (Å²) in [5, 5.41) is 0.944. The fourth-order valence-corrected chi connectivity index (χ4v) is 8.82. The van der Waals surface area contributed by atoms with Crippen LogP contribution in [0.3, 0.4) is 0 Å². The van der Waals surface area contributed by atoms with Crippen molar-refractivity contribution in [1.82, 2.24) is 0 Å². The highest BCUT2D eigenvalue weighted by Gasteiger charge is 2.82. The number of carbonyl (C=O) groups excluding carboxylic acids is 4. The lowest BCUT2D eigenvalue weighted by molar-refractivity contribution is -0.130. The SMILES string of the molecule is CCOC(=O)c1ccc(N2C(=O)[C@@H]3[C@H](C2=O)[C@@]2(c4ccc(Cl)cc4)C(=O)[C@@]3(c3ccc(Cl)cc3)C(c3ccccc3)=C2c2ccccc2)cc1. The summed E-state index contributed by atoms with van der Waals surface area (Å²) in [6, 6.07) is 39.5. The van der Waals surface area contributed by atoms with E-state index in [1.165, 1.54) is 17.0 Å². The lowest BCUT2D eigenvalue weighted by Crippen LogP contribution is -2.45. The quantitative estimate of drug-likeness (QED) is 0.126. The number of benzene rings is 5. The number of hydrogen-bond acceptors (Lipinski definition) is 5. The number of imide groups is 1. The van der Waals surface area contributed by atoms with Gasteiger partial charge in [-0.1, -0.05) is 108 Å². The van der Waals surface area contributed by atoms with E-state index < -0.39 is 40.4 Å². The number of nitrogens with zero attached hydrogens (tertiary/aromatic N) is 1. The first-order chi connectivity index (χ1) is 24.3. The molecule has 2 amide bonds. The maximum absolute atomic E-state index is 16.0. The molecule has 1 heterocycles. The van der Waals surface area contributed by atoms with Crippen molar-refractivity contribution in [3.8, 4) is 0 Å². The lowest BCUT2D eigenvalue weighted by Gasteiger charge is -2.39. The molecular formula is C42H29Cl2NO5. The highest BCUT2D eigenvalue weighted by molar-refractivity contribution is 6.39. The maximum atomic E-state index is 16.0. The van der Waals surface area contributed by atoms with Crippen LogP contribution in [0.2, 0.25) is 10.0 Å². The molecule has 5 aromatic rings. The van der Waals surface area contributed by atoms with E-state index in [0.717, 1.165) is 11.1 Å². The molecule has 2 bridgehead atoms. The number of rotatable bonds is 7. The van der Waals surface area contributed by atoms with Crippen LogP contribution in [-0.2, 0) is 30.0 Å². The Morgan fingerprint density at radius 3 is 1.44 bits per heavy atom. The Labute approximate surface area is 298 Å². The predicted molar refractivity (Wildman–Crippen MR) is 193 cm³/mol. The van der Waals surface area contributed by atoms with Gasteiger partial charge in [0.25, 0.3) is 0 Å². The van der Waals surface area contributed by atoms with E-state index >= 15 is 14.4 Å². The highest BCUT2D eigenvalue weighted by atomic mass is 35.5. The van der Waals surface area contributed by atoms with Gasteiger partial charge in [-0.15, -0.1) is 0 Å². The summed E-state index contributed by atoms with van der Waals surface area (Å²) in [5.74, 6) is -3.96. The molecule has 4 atom stereocenters. The summed E-state index contributed by atoms with van der Waals surface area (Å²) < 4.78 is 5.15. The number of fused-ring (bicyclic) bond motifs is 5. The van der Waals surface area contributed by atoms with Gasteiger partial charge < -0.3 is 4.74 Å². The molecule has 246 valence electrons. The molecule has 8 heteroatoms. The number of Topliss-reactive ketones (excluding diaryl/α,β-unsaturated/α-hetero) is 1. The van der Waals surface area contributed by atoms with E-state index in [9.17, 15) is 4.79 Å². The Kier molecular flexibility index (Phi) is 7.62. The molecule has 6 nitrogen and oxygen atoms in total. The van der Waals surface area contributed by atoms with E-state index in [-0.39, 0.29) is 12.4 Å². The summed E-state index contributed by atoms with van der Waals surface area (Å²) in [5.41, 5.74) is 1.46.